The van der Waals surface area contributed by atoms with E-state index in [4.69, 9.17) is 10.5 Å². The van der Waals surface area contributed by atoms with Crippen molar-refractivity contribution in [1.29, 1.82) is 0 Å². The fraction of sp³-hybridized carbons (Fsp3) is 0.707. The number of cyclic esters (lactones) is 1. The molecule has 0 aliphatic carbocycles. The van der Waals surface area contributed by atoms with E-state index in [1.807, 2.05) is 13.8 Å². The number of esters is 1. The van der Waals surface area contributed by atoms with Crippen molar-refractivity contribution in [3.05, 3.63) is 47.7 Å². The van der Waals surface area contributed by atoms with Gasteiger partial charge < -0.3 is 84.3 Å². The molecule has 13 amide bonds. The van der Waals surface area contributed by atoms with Crippen LogP contribution in [0.15, 0.2) is 42.1 Å². The molecule has 590 valence electrons. The third kappa shape index (κ3) is 27.7. The van der Waals surface area contributed by atoms with Crippen LogP contribution >= 0.6 is 0 Å². The number of likely N-dealkylation sites (tertiary alicyclic amines) is 1. The summed E-state index contributed by atoms with van der Waals surface area (Å²) in [6, 6.07) is -7.67. The lowest BCUT2D eigenvalue weighted by molar-refractivity contribution is -0.157. The molecule has 0 aromatic heterocycles. The van der Waals surface area contributed by atoms with Gasteiger partial charge in [0.15, 0.2) is 0 Å². The summed E-state index contributed by atoms with van der Waals surface area (Å²) < 4.78 is 5.96. The number of nitrogens with one attached hydrogen (secondary N) is 12. The predicted octanol–water partition coefficient (Wildman–Crippen LogP) is 1.84. The number of carbonyl (C=O) groups excluding carboxylic acids is 14. The van der Waals surface area contributed by atoms with Crippen LogP contribution < -0.4 is 69.5 Å². The molecule has 2 aliphatic heterocycles. The van der Waals surface area contributed by atoms with Gasteiger partial charge in [0.2, 0.25) is 70.9 Å². The molecule has 15 N–H and O–H groups in total. The summed E-state index contributed by atoms with van der Waals surface area (Å²) in [6.07, 6.45) is 1.02. The summed E-state index contributed by atoms with van der Waals surface area (Å²) in [7, 11) is 0. The van der Waals surface area contributed by atoms with Gasteiger partial charge in [-0.3, -0.25) is 62.3 Å². The van der Waals surface area contributed by atoms with Gasteiger partial charge in [0, 0.05) is 19.4 Å². The normalized spacial score (nSPS) is 22.6. The summed E-state index contributed by atoms with van der Waals surface area (Å²) in [5.74, 6) is -15.1. The fourth-order valence-electron chi connectivity index (χ4n) is 12.1. The van der Waals surface area contributed by atoms with E-state index in [1.54, 1.807) is 127 Å². The van der Waals surface area contributed by atoms with Crippen molar-refractivity contribution in [1.82, 2.24) is 68.7 Å². The lowest BCUT2D eigenvalue weighted by Gasteiger charge is -2.33. The first kappa shape index (κ1) is 90.7. The summed E-state index contributed by atoms with van der Waals surface area (Å²) in [6.45, 7) is 31.8. The third-order valence-corrected chi connectivity index (χ3v) is 19.3. The largest absolute Gasteiger partial charge is 0.458 e. The number of carbonyl (C=O) groups is 14. The average Bonchev–Trinajstić information content (AvgIpc) is 1.79. The van der Waals surface area contributed by atoms with Gasteiger partial charge in [0.1, 0.15) is 84.3 Å². The Kier molecular flexibility index (Phi) is 37.8. The third-order valence-electron chi connectivity index (χ3n) is 19.3. The monoisotopic (exact) mass is 1480 g/mol. The van der Waals surface area contributed by atoms with Gasteiger partial charge in [0.25, 0.3) is 5.91 Å². The number of rotatable bonds is 33. The second-order valence-electron chi connectivity index (χ2n) is 30.2. The van der Waals surface area contributed by atoms with Crippen LogP contribution in [0.1, 0.15) is 195 Å². The van der Waals surface area contributed by atoms with Crippen LogP contribution in [-0.2, 0) is 78.3 Å². The average molecular weight is 1480 g/mol. The van der Waals surface area contributed by atoms with Crippen molar-refractivity contribution < 1.29 is 77.0 Å². The predicted molar refractivity (Wildman–Crippen MR) is 395 cm³/mol. The van der Waals surface area contributed by atoms with Crippen LogP contribution in [-0.4, -0.2) is 191 Å². The number of ether oxygens (including phenoxy) is 1. The Morgan fingerprint density at radius 1 is 0.610 bits per heavy atom. The summed E-state index contributed by atoms with van der Waals surface area (Å²) in [5.41, 5.74) is 6.34. The standard InChI is InChI=1S/C75H124N14O16/c1-20-44(16)59(71(100)88-62-47(19)105-75(104)58(43(14)15)84-63(92)49(22-3)77-65(94)51(37-48-30-24-23-25-31-48)79-67(96)55(40(8)9)81-70(99)60(45(17)21-2)86-73(62)102)85-64(93)50(32-27-35-76)78-66(95)52-33-28-36-89(52)74(103)57(42(12)13)83-69(98)56(41(10)11)82-72(101)61(46(18)90)87-68(97)54(39(6)7)80-53(91)34-26-29-38(4)5/h22-25,30-31,38-47,50-52,54-62,90H,20-21,26-29,32-37,76H2,1-19H3,(H,77,94)(H,78,95)(H,79,96)(H,80,91)(H,81,99)(H,82,101)(H,83,98)(H,84,92)(H,85,93)(H,86,102)(H,87,97)(H,88,100)/b49-22-/t44-,45-,46-,47+,50+,51+,52-,54-,55-,56-,57+,58+,59-,60-,61+,62-/m1/s1. The molecule has 2 saturated heterocycles. The van der Waals surface area contributed by atoms with Gasteiger partial charge >= 0.3 is 5.97 Å². The van der Waals surface area contributed by atoms with Crippen molar-refractivity contribution in [2.24, 2.45) is 53.1 Å². The van der Waals surface area contributed by atoms with Crippen molar-refractivity contribution in [3.63, 3.8) is 0 Å². The number of aliphatic hydroxyl groups excluding tert-OH is 1. The van der Waals surface area contributed by atoms with Crippen LogP contribution in [0.4, 0.5) is 0 Å². The first-order valence-electron chi connectivity index (χ1n) is 37.5. The van der Waals surface area contributed by atoms with Crippen molar-refractivity contribution >= 4 is 82.8 Å². The van der Waals surface area contributed by atoms with E-state index in [0.717, 1.165) is 6.42 Å². The minimum Gasteiger partial charge on any atom is -0.458 e. The van der Waals surface area contributed by atoms with Gasteiger partial charge in [-0.1, -0.05) is 166 Å². The molecule has 1 aromatic rings. The van der Waals surface area contributed by atoms with Crippen molar-refractivity contribution in [2.75, 3.05) is 13.1 Å². The molecular formula is C75H124N14O16. The quantitative estimate of drug-likeness (QED) is 0.0353. The van der Waals surface area contributed by atoms with Gasteiger partial charge in [-0.2, -0.15) is 0 Å². The van der Waals surface area contributed by atoms with Crippen LogP contribution in [0.5, 0.6) is 0 Å². The van der Waals surface area contributed by atoms with Crippen LogP contribution in [0.3, 0.4) is 0 Å². The highest BCUT2D eigenvalue weighted by Gasteiger charge is 2.44. The zero-order chi connectivity index (χ0) is 79.4. The summed E-state index contributed by atoms with van der Waals surface area (Å²) in [5, 5.41) is 43.2. The highest BCUT2D eigenvalue weighted by Crippen LogP contribution is 2.23. The van der Waals surface area contributed by atoms with E-state index >= 15 is 9.59 Å². The molecular weight excluding hydrogens is 1350 g/mol. The molecule has 30 heteroatoms. The van der Waals surface area contributed by atoms with Gasteiger partial charge in [-0.15, -0.1) is 0 Å². The highest BCUT2D eigenvalue weighted by molar-refractivity contribution is 6.03. The van der Waals surface area contributed by atoms with E-state index in [0.29, 0.717) is 30.7 Å². The number of hydrogen-bond donors (Lipinski definition) is 14. The first-order chi connectivity index (χ1) is 49.2. The Balaban J connectivity index is 2.00. The highest BCUT2D eigenvalue weighted by atomic mass is 16.5. The first-order valence-corrected chi connectivity index (χ1v) is 37.5. The molecule has 1 aromatic carbocycles. The zero-order valence-electron chi connectivity index (χ0n) is 65.2. The van der Waals surface area contributed by atoms with E-state index in [9.17, 15) is 62.6 Å². The Hall–Kier alpha value is -8.54. The minimum absolute atomic E-state index is 0.0355. The van der Waals surface area contributed by atoms with Gasteiger partial charge in [0.05, 0.1) is 6.10 Å². The van der Waals surface area contributed by atoms with Crippen LogP contribution in [0.25, 0.3) is 0 Å². The topological polar surface area (TPSA) is 442 Å². The molecule has 0 radical (unpaired) electrons. The molecule has 0 spiro atoms. The number of aliphatic hydroxyl groups is 1. The maximum Gasteiger partial charge on any atom is 0.329 e. The van der Waals surface area contributed by atoms with Crippen LogP contribution in [0, 0.1) is 47.3 Å². The lowest BCUT2D eigenvalue weighted by atomic mass is 9.95. The zero-order valence-corrected chi connectivity index (χ0v) is 65.2. The van der Waals surface area contributed by atoms with Crippen LogP contribution in [0.2, 0.25) is 0 Å². The molecule has 3 rings (SSSR count). The molecule has 2 fully saturated rings. The maximum absolute atomic E-state index is 15.0. The molecule has 0 unspecified atom stereocenters. The Morgan fingerprint density at radius 2 is 1.15 bits per heavy atom. The Bertz CT molecular complexity index is 3160. The SMILES string of the molecule is C/C=C1\NC(=O)[C@H](Cc2ccccc2)NC(=O)[C@@H](C(C)C)NC(=O)[C@@H]([C@H](C)CC)NC(=O)[C@H](NC(=O)[C@H](NC(=O)[C@H](CCCN)NC(=O)[C@H]2CCCN2C(=O)[C@@H](NC(=O)[C@H](NC(=O)[C@@H](NC(=O)[C@H](NC(=O)CCCC(C)C)C(C)C)[C@@H](C)O)C(C)C)C(C)C)[C@H](C)CC)[C@H](C)OC(=O)[C@H](C(C)C)NC1=O. The number of nitrogens with zero attached hydrogens (tertiary/aromatic N) is 1. The molecule has 0 bridgehead atoms. The second-order valence-corrected chi connectivity index (χ2v) is 30.2. The number of hydrogen-bond acceptors (Lipinski definition) is 17. The summed E-state index contributed by atoms with van der Waals surface area (Å²) in [4.78, 5) is 202. The smallest absolute Gasteiger partial charge is 0.329 e. The number of amides is 13. The molecule has 105 heavy (non-hydrogen) atoms. The van der Waals surface area contributed by atoms with E-state index < -0.39 is 203 Å². The van der Waals surface area contributed by atoms with E-state index in [-0.39, 0.29) is 63.2 Å². The lowest BCUT2D eigenvalue weighted by Crippen LogP contribution is -2.64. The molecule has 2 aliphatic rings. The number of benzene rings is 1. The van der Waals surface area contributed by atoms with Crippen molar-refractivity contribution in [2.45, 2.75) is 280 Å². The maximum atomic E-state index is 15.0. The van der Waals surface area contributed by atoms with E-state index in [1.165, 1.54) is 31.7 Å². The van der Waals surface area contributed by atoms with E-state index in [2.05, 4.69) is 63.8 Å². The molecule has 0 saturated carbocycles. The summed E-state index contributed by atoms with van der Waals surface area (Å²) >= 11 is 0. The fourth-order valence-corrected chi connectivity index (χ4v) is 12.1. The molecule has 2 heterocycles. The molecule has 16 atom stereocenters. The molecule has 30 nitrogen and oxygen atoms in total. The Labute approximate surface area is 620 Å². The Morgan fingerprint density at radius 3 is 1.69 bits per heavy atom. The van der Waals surface area contributed by atoms with Crippen molar-refractivity contribution in [3.8, 4) is 0 Å². The minimum atomic E-state index is -1.83. The van der Waals surface area contributed by atoms with Gasteiger partial charge in [-0.05, 0) is 112 Å². The second kappa shape index (κ2) is 43.8. The number of allylic oxidation sites excluding steroid dienone is 1. The van der Waals surface area contributed by atoms with Gasteiger partial charge in [-0.25, -0.2) is 4.79 Å². The number of nitrogens with two attached hydrogens (primary N) is 1.